The number of likely N-dealkylation sites (tertiary alicyclic amines) is 1. The van der Waals surface area contributed by atoms with Crippen molar-refractivity contribution in [3.05, 3.63) is 30.1 Å². The van der Waals surface area contributed by atoms with Crippen LogP contribution in [-0.2, 0) is 4.79 Å². The minimum absolute atomic E-state index is 0.391. The summed E-state index contributed by atoms with van der Waals surface area (Å²) >= 11 is 0. The van der Waals surface area contributed by atoms with Crippen molar-refractivity contribution in [1.82, 2.24) is 4.90 Å². The maximum absolute atomic E-state index is 12.7. The molecule has 0 bridgehead atoms. The average Bonchev–Trinajstić information content (AvgIpc) is 2.81. The predicted octanol–water partition coefficient (Wildman–Crippen LogP) is 1.91. The Labute approximate surface area is 103 Å². The van der Waals surface area contributed by atoms with Gasteiger partial charge in [-0.2, -0.15) is 0 Å². The molecular formula is C12H13FN2O3. The van der Waals surface area contributed by atoms with Gasteiger partial charge in [0.05, 0.1) is 0 Å². The minimum atomic E-state index is -0.998. The molecule has 1 aromatic carbocycles. The summed E-state index contributed by atoms with van der Waals surface area (Å²) in [6, 6.07) is 4.08. The first-order chi connectivity index (χ1) is 8.58. The molecule has 1 aliphatic heterocycles. The van der Waals surface area contributed by atoms with Gasteiger partial charge in [-0.3, -0.25) is 0 Å². The molecule has 1 atom stereocenters. The molecule has 5 nitrogen and oxygen atoms in total. The summed E-state index contributed by atoms with van der Waals surface area (Å²) in [7, 11) is 0. The topological polar surface area (TPSA) is 69.6 Å². The van der Waals surface area contributed by atoms with Gasteiger partial charge in [-0.15, -0.1) is 0 Å². The molecule has 2 rings (SSSR count). The summed E-state index contributed by atoms with van der Waals surface area (Å²) in [5, 5.41) is 11.5. The van der Waals surface area contributed by atoms with Gasteiger partial charge in [-0.05, 0) is 37.1 Å². The highest BCUT2D eigenvalue weighted by Gasteiger charge is 2.33. The first-order valence-electron chi connectivity index (χ1n) is 5.64. The molecule has 6 heteroatoms. The lowest BCUT2D eigenvalue weighted by atomic mass is 10.2. The molecule has 0 unspecified atom stereocenters. The second-order valence-electron chi connectivity index (χ2n) is 4.13. The number of hydrogen-bond acceptors (Lipinski definition) is 2. The van der Waals surface area contributed by atoms with E-state index in [4.69, 9.17) is 5.11 Å². The third-order valence-electron chi connectivity index (χ3n) is 2.89. The molecule has 2 amide bonds. The van der Waals surface area contributed by atoms with Gasteiger partial charge in [-0.1, -0.05) is 0 Å². The van der Waals surface area contributed by atoms with Crippen molar-refractivity contribution >= 4 is 17.7 Å². The van der Waals surface area contributed by atoms with E-state index in [-0.39, 0.29) is 0 Å². The quantitative estimate of drug-likeness (QED) is 0.844. The fourth-order valence-corrected chi connectivity index (χ4v) is 2.00. The van der Waals surface area contributed by atoms with Gasteiger partial charge in [0.1, 0.15) is 11.9 Å². The summed E-state index contributed by atoms with van der Waals surface area (Å²) < 4.78 is 12.7. The van der Waals surface area contributed by atoms with E-state index >= 15 is 0 Å². The second-order valence-corrected chi connectivity index (χ2v) is 4.13. The molecule has 1 fully saturated rings. The predicted molar refractivity (Wildman–Crippen MR) is 62.8 cm³/mol. The number of carbonyl (C=O) groups is 2. The number of carbonyl (C=O) groups excluding carboxylic acids is 1. The third-order valence-corrected chi connectivity index (χ3v) is 2.89. The number of carboxylic acids is 1. The van der Waals surface area contributed by atoms with Crippen LogP contribution in [0.3, 0.4) is 0 Å². The molecule has 18 heavy (non-hydrogen) atoms. The van der Waals surface area contributed by atoms with Crippen LogP contribution < -0.4 is 5.32 Å². The summed E-state index contributed by atoms with van der Waals surface area (Å²) in [6.45, 7) is 0.421. The first-order valence-corrected chi connectivity index (χ1v) is 5.64. The molecule has 2 N–H and O–H groups in total. The lowest BCUT2D eigenvalue weighted by Crippen LogP contribution is -2.42. The number of carboxylic acid groups (broad SMARTS) is 1. The van der Waals surface area contributed by atoms with Gasteiger partial charge in [0.15, 0.2) is 0 Å². The molecule has 1 aromatic rings. The van der Waals surface area contributed by atoms with E-state index in [9.17, 15) is 14.0 Å². The van der Waals surface area contributed by atoms with Gasteiger partial charge in [0.2, 0.25) is 0 Å². The molecule has 0 saturated carbocycles. The molecule has 0 radical (unpaired) electrons. The van der Waals surface area contributed by atoms with E-state index in [1.165, 1.54) is 29.2 Å². The molecule has 1 heterocycles. The maximum Gasteiger partial charge on any atom is 0.326 e. The lowest BCUT2D eigenvalue weighted by Gasteiger charge is -2.21. The van der Waals surface area contributed by atoms with Crippen LogP contribution in [0.2, 0.25) is 0 Å². The van der Waals surface area contributed by atoms with E-state index in [0.717, 1.165) is 0 Å². The van der Waals surface area contributed by atoms with E-state index in [0.29, 0.717) is 25.1 Å². The van der Waals surface area contributed by atoms with Gasteiger partial charge < -0.3 is 15.3 Å². The zero-order chi connectivity index (χ0) is 13.1. The van der Waals surface area contributed by atoms with Crippen molar-refractivity contribution in [1.29, 1.82) is 0 Å². The Balaban J connectivity index is 2.03. The summed E-state index contributed by atoms with van der Waals surface area (Å²) in [5.41, 5.74) is 0.442. The Morgan fingerprint density at radius 1 is 1.33 bits per heavy atom. The van der Waals surface area contributed by atoms with Crippen molar-refractivity contribution in [3.8, 4) is 0 Å². The zero-order valence-electron chi connectivity index (χ0n) is 9.60. The third kappa shape index (κ3) is 2.58. The largest absolute Gasteiger partial charge is 0.480 e. The van der Waals surface area contributed by atoms with Gasteiger partial charge in [0, 0.05) is 12.2 Å². The van der Waals surface area contributed by atoms with Crippen LogP contribution in [0.15, 0.2) is 24.3 Å². The number of anilines is 1. The average molecular weight is 252 g/mol. The number of nitrogens with zero attached hydrogens (tertiary/aromatic N) is 1. The summed E-state index contributed by atoms with van der Waals surface area (Å²) in [4.78, 5) is 24.1. The Morgan fingerprint density at radius 2 is 2.00 bits per heavy atom. The second kappa shape index (κ2) is 5.03. The Morgan fingerprint density at radius 3 is 2.61 bits per heavy atom. The number of nitrogens with one attached hydrogen (secondary N) is 1. The number of benzene rings is 1. The summed E-state index contributed by atoms with van der Waals surface area (Å²) in [6.07, 6.45) is 1.14. The van der Waals surface area contributed by atoms with Crippen LogP contribution in [0.4, 0.5) is 14.9 Å². The molecule has 96 valence electrons. The van der Waals surface area contributed by atoms with Crippen molar-refractivity contribution in [2.75, 3.05) is 11.9 Å². The fourth-order valence-electron chi connectivity index (χ4n) is 2.00. The number of hydrogen-bond donors (Lipinski definition) is 2. The fraction of sp³-hybridized carbons (Fsp3) is 0.333. The van der Waals surface area contributed by atoms with Crippen molar-refractivity contribution in [2.45, 2.75) is 18.9 Å². The molecule has 0 aromatic heterocycles. The summed E-state index contributed by atoms with van der Waals surface area (Å²) in [5.74, 6) is -1.39. The van der Waals surface area contributed by atoms with Crippen LogP contribution in [-0.4, -0.2) is 34.6 Å². The van der Waals surface area contributed by atoms with E-state index in [1.54, 1.807) is 0 Å². The number of rotatable bonds is 2. The van der Waals surface area contributed by atoms with Gasteiger partial charge in [-0.25, -0.2) is 14.0 Å². The normalized spacial score (nSPS) is 18.7. The first kappa shape index (κ1) is 12.3. The molecular weight excluding hydrogens is 239 g/mol. The van der Waals surface area contributed by atoms with Crippen LogP contribution in [0, 0.1) is 5.82 Å². The van der Waals surface area contributed by atoms with E-state index in [1.807, 2.05) is 0 Å². The van der Waals surface area contributed by atoms with Crippen molar-refractivity contribution in [3.63, 3.8) is 0 Å². The van der Waals surface area contributed by atoms with Gasteiger partial charge in [0.25, 0.3) is 0 Å². The van der Waals surface area contributed by atoms with E-state index < -0.39 is 23.9 Å². The Kier molecular flexibility index (Phi) is 3.45. The highest BCUT2D eigenvalue weighted by molar-refractivity contribution is 5.92. The number of aliphatic carboxylic acids is 1. The molecule has 0 aliphatic carbocycles. The number of halogens is 1. The standard InChI is InChI=1S/C12H13FN2O3/c13-8-3-5-9(6-4-8)14-12(18)15-7-1-2-10(15)11(16)17/h3-6,10H,1-2,7H2,(H,14,18)(H,16,17)/t10-/m0/s1. The van der Waals surface area contributed by atoms with E-state index in [2.05, 4.69) is 5.32 Å². The molecule has 1 saturated heterocycles. The molecule has 0 spiro atoms. The smallest absolute Gasteiger partial charge is 0.326 e. The number of amides is 2. The monoisotopic (exact) mass is 252 g/mol. The highest BCUT2D eigenvalue weighted by atomic mass is 19.1. The molecule has 1 aliphatic rings. The number of urea groups is 1. The Bertz CT molecular complexity index is 461. The van der Waals surface area contributed by atoms with Gasteiger partial charge >= 0.3 is 12.0 Å². The minimum Gasteiger partial charge on any atom is -0.480 e. The van der Waals surface area contributed by atoms with Crippen molar-refractivity contribution < 1.29 is 19.1 Å². The van der Waals surface area contributed by atoms with Crippen LogP contribution >= 0.6 is 0 Å². The van der Waals surface area contributed by atoms with Crippen LogP contribution in [0.25, 0.3) is 0 Å². The van der Waals surface area contributed by atoms with Crippen LogP contribution in [0.5, 0.6) is 0 Å². The van der Waals surface area contributed by atoms with Crippen molar-refractivity contribution in [2.24, 2.45) is 0 Å². The Hall–Kier alpha value is -2.11. The lowest BCUT2D eigenvalue weighted by molar-refractivity contribution is -0.141. The van der Waals surface area contributed by atoms with Crippen LogP contribution in [0.1, 0.15) is 12.8 Å². The zero-order valence-corrected chi connectivity index (χ0v) is 9.60. The SMILES string of the molecule is O=C(O)[C@@H]1CCCN1C(=O)Nc1ccc(F)cc1. The maximum atomic E-state index is 12.7. The highest BCUT2D eigenvalue weighted by Crippen LogP contribution is 2.19.